The van der Waals surface area contributed by atoms with Gasteiger partial charge < -0.3 is 9.64 Å². The molecule has 3 nitrogen and oxygen atoms in total. The van der Waals surface area contributed by atoms with Crippen molar-refractivity contribution < 1.29 is 22.7 Å². The molecule has 0 N–H and O–H groups in total. The van der Waals surface area contributed by atoms with Crippen LogP contribution in [0.15, 0.2) is 0 Å². The average molecular weight is 227 g/mol. The lowest BCUT2D eigenvalue weighted by molar-refractivity contribution is -0.188. The van der Waals surface area contributed by atoms with Gasteiger partial charge in [0.2, 0.25) is 0 Å². The molecule has 0 aromatic rings. The third-order valence-corrected chi connectivity index (χ3v) is 1.97. The van der Waals surface area contributed by atoms with E-state index in [4.69, 9.17) is 0 Å². The quantitative estimate of drug-likeness (QED) is 0.733. The highest BCUT2D eigenvalue weighted by Crippen LogP contribution is 2.16. The van der Waals surface area contributed by atoms with Crippen molar-refractivity contribution in [1.29, 1.82) is 0 Å². The molecule has 0 aromatic heterocycles. The highest BCUT2D eigenvalue weighted by Gasteiger charge is 2.30. The second kappa shape index (κ2) is 5.34. The molecule has 0 radical (unpaired) electrons. The number of rotatable bonds is 4. The SMILES string of the molecule is CC(OCC(F)(F)F)C(=O)N(C)C(C)C. The predicted octanol–water partition coefficient (Wildman–Crippen LogP) is 1.82. The van der Waals surface area contributed by atoms with Gasteiger partial charge in [0.25, 0.3) is 5.91 Å². The van der Waals surface area contributed by atoms with Gasteiger partial charge in [-0.2, -0.15) is 13.2 Å². The van der Waals surface area contributed by atoms with Crippen LogP contribution in [0.25, 0.3) is 0 Å². The Morgan fingerprint density at radius 1 is 1.33 bits per heavy atom. The molecule has 0 aliphatic heterocycles. The first-order valence-electron chi connectivity index (χ1n) is 4.60. The third kappa shape index (κ3) is 5.61. The van der Waals surface area contributed by atoms with Gasteiger partial charge in [0.1, 0.15) is 12.7 Å². The Labute approximate surface area is 87.2 Å². The standard InChI is InChI=1S/C9H16F3NO2/c1-6(2)13(4)8(14)7(3)15-5-9(10,11)12/h6-7H,5H2,1-4H3. The molecule has 0 aliphatic carbocycles. The van der Waals surface area contributed by atoms with Gasteiger partial charge >= 0.3 is 6.18 Å². The van der Waals surface area contributed by atoms with Crippen LogP contribution >= 0.6 is 0 Å². The number of nitrogens with zero attached hydrogens (tertiary/aromatic N) is 1. The van der Waals surface area contributed by atoms with Gasteiger partial charge in [-0.15, -0.1) is 0 Å². The highest BCUT2D eigenvalue weighted by atomic mass is 19.4. The molecular weight excluding hydrogens is 211 g/mol. The second-order valence-corrected chi connectivity index (χ2v) is 3.61. The Kier molecular flexibility index (Phi) is 5.07. The minimum absolute atomic E-state index is 0.0607. The summed E-state index contributed by atoms with van der Waals surface area (Å²) in [5.74, 6) is -0.450. The van der Waals surface area contributed by atoms with Crippen LogP contribution in [0.1, 0.15) is 20.8 Å². The van der Waals surface area contributed by atoms with E-state index in [9.17, 15) is 18.0 Å². The molecule has 0 spiro atoms. The summed E-state index contributed by atoms with van der Waals surface area (Å²) in [6.45, 7) is 3.46. The van der Waals surface area contributed by atoms with E-state index in [0.29, 0.717) is 0 Å². The monoisotopic (exact) mass is 227 g/mol. The van der Waals surface area contributed by atoms with Crippen molar-refractivity contribution in [1.82, 2.24) is 4.90 Å². The van der Waals surface area contributed by atoms with E-state index in [0.717, 1.165) is 0 Å². The molecule has 1 atom stereocenters. The maximum Gasteiger partial charge on any atom is 0.411 e. The van der Waals surface area contributed by atoms with Crippen molar-refractivity contribution in [3.8, 4) is 0 Å². The normalized spacial score (nSPS) is 14.1. The first kappa shape index (κ1) is 14.2. The lowest BCUT2D eigenvalue weighted by Crippen LogP contribution is -2.41. The van der Waals surface area contributed by atoms with Crippen molar-refractivity contribution in [3.05, 3.63) is 0 Å². The van der Waals surface area contributed by atoms with Crippen molar-refractivity contribution >= 4 is 5.91 Å². The zero-order valence-electron chi connectivity index (χ0n) is 9.26. The molecule has 0 saturated heterocycles. The van der Waals surface area contributed by atoms with E-state index >= 15 is 0 Å². The minimum atomic E-state index is -4.40. The molecule has 0 aromatic carbocycles. The van der Waals surface area contributed by atoms with E-state index in [1.165, 1.54) is 18.9 Å². The van der Waals surface area contributed by atoms with Gasteiger partial charge in [0, 0.05) is 13.1 Å². The van der Waals surface area contributed by atoms with Crippen molar-refractivity contribution in [2.45, 2.75) is 39.1 Å². The fourth-order valence-electron chi connectivity index (χ4n) is 0.832. The van der Waals surface area contributed by atoms with Crippen LogP contribution in [0.4, 0.5) is 13.2 Å². The average Bonchev–Trinajstić information content (AvgIpc) is 2.10. The Hall–Kier alpha value is -0.780. The summed E-state index contributed by atoms with van der Waals surface area (Å²) in [5.41, 5.74) is 0. The smallest absolute Gasteiger partial charge is 0.359 e. The largest absolute Gasteiger partial charge is 0.411 e. The van der Waals surface area contributed by atoms with Crippen LogP contribution in [0.5, 0.6) is 0 Å². The zero-order chi connectivity index (χ0) is 12.2. The number of alkyl halides is 3. The van der Waals surface area contributed by atoms with Crippen molar-refractivity contribution in [2.24, 2.45) is 0 Å². The topological polar surface area (TPSA) is 29.5 Å². The van der Waals surface area contributed by atoms with E-state index in [1.807, 2.05) is 0 Å². The van der Waals surface area contributed by atoms with Gasteiger partial charge in [-0.1, -0.05) is 0 Å². The van der Waals surface area contributed by atoms with Crippen LogP contribution in [0.3, 0.4) is 0 Å². The number of amides is 1. The summed E-state index contributed by atoms with van der Waals surface area (Å²) in [7, 11) is 1.53. The molecule has 0 fully saturated rings. The fourth-order valence-corrected chi connectivity index (χ4v) is 0.832. The van der Waals surface area contributed by atoms with E-state index in [-0.39, 0.29) is 6.04 Å². The molecule has 1 unspecified atom stereocenters. The molecule has 6 heteroatoms. The number of ether oxygens (including phenoxy) is 1. The summed E-state index contributed by atoms with van der Waals surface area (Å²) >= 11 is 0. The van der Waals surface area contributed by atoms with Gasteiger partial charge in [-0.25, -0.2) is 0 Å². The molecular formula is C9H16F3NO2. The van der Waals surface area contributed by atoms with Gasteiger partial charge in [0.05, 0.1) is 0 Å². The van der Waals surface area contributed by atoms with Gasteiger partial charge in [-0.3, -0.25) is 4.79 Å². The lowest BCUT2D eigenvalue weighted by Gasteiger charge is -2.25. The zero-order valence-corrected chi connectivity index (χ0v) is 9.26. The highest BCUT2D eigenvalue weighted by molar-refractivity contribution is 5.80. The Balaban J connectivity index is 4.11. The molecule has 1 amide bonds. The summed E-state index contributed by atoms with van der Waals surface area (Å²) < 4.78 is 39.8. The van der Waals surface area contributed by atoms with Gasteiger partial charge in [-0.05, 0) is 20.8 Å². The molecule has 0 saturated carbocycles. The van der Waals surface area contributed by atoms with Crippen molar-refractivity contribution in [2.75, 3.05) is 13.7 Å². The number of hydrogen-bond acceptors (Lipinski definition) is 2. The van der Waals surface area contributed by atoms with Gasteiger partial charge in [0.15, 0.2) is 0 Å². The van der Waals surface area contributed by atoms with E-state index in [2.05, 4.69) is 4.74 Å². The summed E-state index contributed by atoms with van der Waals surface area (Å²) in [4.78, 5) is 12.8. The maximum absolute atomic E-state index is 11.8. The van der Waals surface area contributed by atoms with Crippen LogP contribution < -0.4 is 0 Å². The third-order valence-electron chi connectivity index (χ3n) is 1.97. The van der Waals surface area contributed by atoms with Crippen LogP contribution in [0.2, 0.25) is 0 Å². The molecule has 0 bridgehead atoms. The van der Waals surface area contributed by atoms with Crippen LogP contribution in [-0.2, 0) is 9.53 Å². The Morgan fingerprint density at radius 3 is 2.13 bits per heavy atom. The molecule has 0 heterocycles. The lowest BCUT2D eigenvalue weighted by atomic mass is 10.3. The van der Waals surface area contributed by atoms with Crippen LogP contribution in [0, 0.1) is 0 Å². The maximum atomic E-state index is 11.8. The van der Waals surface area contributed by atoms with E-state index < -0.39 is 24.8 Å². The molecule has 15 heavy (non-hydrogen) atoms. The predicted molar refractivity (Wildman–Crippen MR) is 49.4 cm³/mol. The summed E-state index contributed by atoms with van der Waals surface area (Å²) in [6, 6.07) is -0.0607. The summed E-state index contributed by atoms with van der Waals surface area (Å²) in [6.07, 6.45) is -5.47. The number of halogens is 3. The Morgan fingerprint density at radius 2 is 1.80 bits per heavy atom. The Bertz CT molecular complexity index is 216. The molecule has 90 valence electrons. The number of carbonyl (C=O) groups is 1. The molecule has 0 aliphatic rings. The van der Waals surface area contributed by atoms with Crippen molar-refractivity contribution in [3.63, 3.8) is 0 Å². The van der Waals surface area contributed by atoms with E-state index in [1.54, 1.807) is 13.8 Å². The number of carbonyl (C=O) groups excluding carboxylic acids is 1. The summed E-state index contributed by atoms with van der Waals surface area (Å²) in [5, 5.41) is 0. The first-order chi connectivity index (χ1) is 6.65. The number of hydrogen-bond donors (Lipinski definition) is 0. The molecule has 0 rings (SSSR count). The van der Waals surface area contributed by atoms with Crippen LogP contribution in [-0.4, -0.2) is 42.8 Å². The number of likely N-dealkylation sites (N-methyl/N-ethyl adjacent to an activating group) is 1. The fraction of sp³-hybridized carbons (Fsp3) is 0.889. The second-order valence-electron chi connectivity index (χ2n) is 3.61. The first-order valence-corrected chi connectivity index (χ1v) is 4.60. The minimum Gasteiger partial charge on any atom is -0.359 e.